The third-order valence-corrected chi connectivity index (χ3v) is 4.36. The summed E-state index contributed by atoms with van der Waals surface area (Å²) in [6.07, 6.45) is 0.336. The van der Waals surface area contributed by atoms with Gasteiger partial charge in [0.1, 0.15) is 16.7 Å². The molecule has 0 spiro atoms. The molecule has 1 amide bonds. The van der Waals surface area contributed by atoms with Crippen LogP contribution in [0.1, 0.15) is 23.8 Å². The third kappa shape index (κ3) is 3.18. The Balaban J connectivity index is 2.10. The highest BCUT2D eigenvalue weighted by Crippen LogP contribution is 2.27. The number of carboxylic acid groups (broad SMARTS) is 1. The van der Waals surface area contributed by atoms with Gasteiger partial charge in [-0.25, -0.2) is 9.78 Å². The highest BCUT2D eigenvalue weighted by atomic mass is 32.1. The molecule has 2 heterocycles. The maximum Gasteiger partial charge on any atom is 0.326 e. The minimum atomic E-state index is -1.04. The van der Waals surface area contributed by atoms with E-state index in [2.05, 4.69) is 10.3 Å². The van der Waals surface area contributed by atoms with Gasteiger partial charge in [-0.2, -0.15) is 0 Å². The van der Waals surface area contributed by atoms with Gasteiger partial charge in [-0.15, -0.1) is 22.7 Å². The van der Waals surface area contributed by atoms with Gasteiger partial charge in [-0.05, 0) is 17.9 Å². The molecule has 1 atom stereocenters. The molecule has 0 fully saturated rings. The summed E-state index contributed by atoms with van der Waals surface area (Å²) in [5.74, 6) is -1.49. The van der Waals surface area contributed by atoms with E-state index in [1.54, 1.807) is 23.6 Å². The van der Waals surface area contributed by atoms with Crippen LogP contribution >= 0.6 is 22.7 Å². The molecular formula is C12H12N2O3S2. The molecule has 1 unspecified atom stereocenters. The first-order chi connectivity index (χ1) is 9.11. The van der Waals surface area contributed by atoms with Gasteiger partial charge in [0.05, 0.1) is 4.88 Å². The van der Waals surface area contributed by atoms with E-state index in [-0.39, 0.29) is 5.69 Å². The Bertz CT molecular complexity index is 578. The average Bonchev–Trinajstić information content (AvgIpc) is 3.04. The van der Waals surface area contributed by atoms with Crippen molar-refractivity contribution in [2.24, 2.45) is 0 Å². The van der Waals surface area contributed by atoms with Gasteiger partial charge in [-0.1, -0.05) is 13.0 Å². The van der Waals surface area contributed by atoms with Crippen LogP contribution in [0.3, 0.4) is 0 Å². The summed E-state index contributed by atoms with van der Waals surface area (Å²) in [4.78, 5) is 28.0. The zero-order valence-corrected chi connectivity index (χ0v) is 11.8. The second-order valence-electron chi connectivity index (χ2n) is 3.79. The van der Waals surface area contributed by atoms with Crippen LogP contribution in [-0.2, 0) is 4.79 Å². The first-order valence-corrected chi connectivity index (χ1v) is 7.40. The van der Waals surface area contributed by atoms with Crippen molar-refractivity contribution < 1.29 is 14.7 Å². The quantitative estimate of drug-likeness (QED) is 0.888. The van der Waals surface area contributed by atoms with Crippen molar-refractivity contribution in [1.29, 1.82) is 0 Å². The fourth-order valence-corrected chi connectivity index (χ4v) is 3.08. The van der Waals surface area contributed by atoms with Crippen molar-refractivity contribution in [3.63, 3.8) is 0 Å². The lowest BCUT2D eigenvalue weighted by Gasteiger charge is -2.10. The van der Waals surface area contributed by atoms with E-state index in [0.717, 1.165) is 9.88 Å². The van der Waals surface area contributed by atoms with Gasteiger partial charge >= 0.3 is 5.97 Å². The first-order valence-electron chi connectivity index (χ1n) is 5.65. The number of hydrogen-bond acceptors (Lipinski definition) is 5. The van der Waals surface area contributed by atoms with Crippen LogP contribution in [0.15, 0.2) is 22.9 Å². The second kappa shape index (κ2) is 5.94. The number of nitrogens with zero attached hydrogens (tertiary/aromatic N) is 1. The van der Waals surface area contributed by atoms with Gasteiger partial charge in [0.15, 0.2) is 0 Å². The van der Waals surface area contributed by atoms with E-state index in [1.807, 2.05) is 17.5 Å². The van der Waals surface area contributed by atoms with Gasteiger partial charge < -0.3 is 10.4 Å². The topological polar surface area (TPSA) is 79.3 Å². The fourth-order valence-electron chi connectivity index (χ4n) is 1.46. The van der Waals surface area contributed by atoms with Gasteiger partial charge in [0.2, 0.25) is 0 Å². The SMILES string of the molecule is CCC(NC(=O)c1csc(-c2cccs2)n1)C(=O)O. The number of thiophene rings is 1. The molecule has 19 heavy (non-hydrogen) atoms. The Kier molecular flexibility index (Phi) is 4.28. The summed E-state index contributed by atoms with van der Waals surface area (Å²) in [6, 6.07) is 2.97. The van der Waals surface area contributed by atoms with Crippen LogP contribution in [0.2, 0.25) is 0 Å². The molecule has 2 N–H and O–H groups in total. The summed E-state index contributed by atoms with van der Waals surface area (Å²) in [5.41, 5.74) is 0.258. The van der Waals surface area contributed by atoms with E-state index < -0.39 is 17.9 Å². The Morgan fingerprint density at radius 3 is 2.84 bits per heavy atom. The summed E-state index contributed by atoms with van der Waals surface area (Å²) in [7, 11) is 0. The fraction of sp³-hybridized carbons (Fsp3) is 0.250. The van der Waals surface area contributed by atoms with Crippen LogP contribution in [0.25, 0.3) is 9.88 Å². The number of thiazole rings is 1. The Hall–Kier alpha value is -1.73. The lowest BCUT2D eigenvalue weighted by molar-refractivity contribution is -0.139. The zero-order chi connectivity index (χ0) is 13.8. The molecule has 7 heteroatoms. The Labute approximate surface area is 117 Å². The van der Waals surface area contributed by atoms with Crippen molar-refractivity contribution >= 4 is 34.6 Å². The minimum absolute atomic E-state index is 0.258. The van der Waals surface area contributed by atoms with E-state index in [4.69, 9.17) is 5.11 Å². The highest BCUT2D eigenvalue weighted by Gasteiger charge is 2.20. The minimum Gasteiger partial charge on any atom is -0.480 e. The molecule has 0 saturated carbocycles. The standard InChI is InChI=1S/C12H12N2O3S2/c1-2-7(12(16)17)13-10(15)8-6-19-11(14-8)9-4-3-5-18-9/h3-7H,2H2,1H3,(H,13,15)(H,16,17). The summed E-state index contributed by atoms with van der Waals surface area (Å²) >= 11 is 2.92. The number of aliphatic carboxylic acids is 1. The van der Waals surface area contributed by atoms with Gasteiger partial charge in [0.25, 0.3) is 5.91 Å². The number of aromatic nitrogens is 1. The monoisotopic (exact) mass is 296 g/mol. The van der Waals surface area contributed by atoms with Crippen molar-refractivity contribution in [1.82, 2.24) is 10.3 Å². The molecule has 0 radical (unpaired) electrons. The molecule has 2 aromatic heterocycles. The van der Waals surface area contributed by atoms with Crippen molar-refractivity contribution in [3.8, 4) is 9.88 Å². The van der Waals surface area contributed by atoms with E-state index in [9.17, 15) is 9.59 Å². The lowest BCUT2D eigenvalue weighted by Crippen LogP contribution is -2.40. The molecule has 2 rings (SSSR count). The average molecular weight is 296 g/mol. The maximum atomic E-state index is 11.9. The first kappa shape index (κ1) is 13.7. The highest BCUT2D eigenvalue weighted by molar-refractivity contribution is 7.20. The largest absolute Gasteiger partial charge is 0.480 e. The molecule has 2 aromatic rings. The van der Waals surface area contributed by atoms with E-state index in [0.29, 0.717) is 6.42 Å². The van der Waals surface area contributed by atoms with Crippen molar-refractivity contribution in [2.45, 2.75) is 19.4 Å². The van der Waals surface area contributed by atoms with Crippen molar-refractivity contribution in [2.75, 3.05) is 0 Å². The molecule has 0 aliphatic heterocycles. The van der Waals surface area contributed by atoms with Crippen LogP contribution in [0.4, 0.5) is 0 Å². The number of carbonyl (C=O) groups excluding carboxylic acids is 1. The number of nitrogens with one attached hydrogen (secondary N) is 1. The third-order valence-electron chi connectivity index (χ3n) is 2.48. The van der Waals surface area contributed by atoms with Crippen molar-refractivity contribution in [3.05, 3.63) is 28.6 Å². The van der Waals surface area contributed by atoms with Crippen LogP contribution in [-0.4, -0.2) is 28.0 Å². The molecule has 5 nitrogen and oxygen atoms in total. The Morgan fingerprint density at radius 1 is 1.47 bits per heavy atom. The van der Waals surface area contributed by atoms with E-state index >= 15 is 0 Å². The molecule has 0 aromatic carbocycles. The molecule has 0 aliphatic rings. The normalized spacial score (nSPS) is 12.1. The Morgan fingerprint density at radius 2 is 2.26 bits per heavy atom. The summed E-state index contributed by atoms with van der Waals surface area (Å²) < 4.78 is 0. The predicted molar refractivity (Wildman–Crippen MR) is 74.6 cm³/mol. The molecule has 0 saturated heterocycles. The van der Waals surface area contributed by atoms with Gasteiger partial charge in [0, 0.05) is 5.38 Å². The number of carbonyl (C=O) groups is 2. The predicted octanol–water partition coefficient (Wildman–Crippen LogP) is 2.46. The summed E-state index contributed by atoms with van der Waals surface area (Å²) in [5, 5.41) is 15.7. The van der Waals surface area contributed by atoms with Gasteiger partial charge in [-0.3, -0.25) is 4.79 Å². The molecular weight excluding hydrogens is 284 g/mol. The van der Waals surface area contributed by atoms with Crippen LogP contribution in [0, 0.1) is 0 Å². The summed E-state index contributed by atoms with van der Waals surface area (Å²) in [6.45, 7) is 1.71. The lowest BCUT2D eigenvalue weighted by atomic mass is 10.2. The molecule has 0 aliphatic carbocycles. The smallest absolute Gasteiger partial charge is 0.326 e. The second-order valence-corrected chi connectivity index (χ2v) is 5.59. The number of rotatable bonds is 5. The maximum absolute atomic E-state index is 11.9. The number of amides is 1. The number of carboxylic acids is 1. The van der Waals surface area contributed by atoms with E-state index in [1.165, 1.54) is 11.3 Å². The molecule has 100 valence electrons. The van der Waals surface area contributed by atoms with Crippen LogP contribution in [0.5, 0.6) is 0 Å². The zero-order valence-electron chi connectivity index (χ0n) is 10.1. The molecule has 0 bridgehead atoms. The van der Waals surface area contributed by atoms with Crippen LogP contribution < -0.4 is 5.32 Å². The number of hydrogen-bond donors (Lipinski definition) is 2.